The molecule has 1 aromatic carbocycles. The highest BCUT2D eigenvalue weighted by Gasteiger charge is 2.72. The average molecular weight is 576 g/mol. The number of carboxylic acids is 1. The number of amidine groups is 1. The van der Waals surface area contributed by atoms with Crippen molar-refractivity contribution >= 4 is 29.2 Å². The molecule has 3 aliphatic carbocycles. The van der Waals surface area contributed by atoms with Gasteiger partial charge in [0.1, 0.15) is 11.9 Å². The van der Waals surface area contributed by atoms with Crippen molar-refractivity contribution in [3.63, 3.8) is 0 Å². The quantitative estimate of drug-likeness (QED) is 0.519. The van der Waals surface area contributed by atoms with E-state index in [-0.39, 0.29) is 28.6 Å². The highest BCUT2D eigenvalue weighted by atomic mass is 32.1. The minimum Gasteiger partial charge on any atom is -0.478 e. The lowest BCUT2D eigenvalue weighted by Crippen LogP contribution is -2.74. The lowest BCUT2D eigenvalue weighted by atomic mass is 9.38. The van der Waals surface area contributed by atoms with Gasteiger partial charge in [0.25, 0.3) is 0 Å². The van der Waals surface area contributed by atoms with E-state index in [0.717, 1.165) is 19.3 Å². The number of urea groups is 1. The number of thiazole rings is 1. The number of aliphatic imine (C=N–C) groups is 1. The number of piperazine rings is 1. The zero-order chi connectivity index (χ0) is 28.5. The van der Waals surface area contributed by atoms with Crippen LogP contribution in [0.4, 0.5) is 9.18 Å². The van der Waals surface area contributed by atoms with Crippen molar-refractivity contribution in [3.8, 4) is 6.07 Å². The summed E-state index contributed by atoms with van der Waals surface area (Å²) in [5, 5.41) is 25.2. The van der Waals surface area contributed by atoms with Crippen LogP contribution in [0.2, 0.25) is 0 Å². The fourth-order valence-corrected chi connectivity index (χ4v) is 8.27. The molecule has 2 unspecified atom stereocenters. The molecule has 0 radical (unpaired) electrons. The maximum Gasteiger partial charge on any atom is 0.335 e. The molecule has 3 saturated carbocycles. The zero-order valence-electron chi connectivity index (χ0n) is 22.6. The minimum atomic E-state index is -1.11. The first-order valence-electron chi connectivity index (χ1n) is 13.9. The number of hydrogen-bond donors (Lipinski definition) is 2. The summed E-state index contributed by atoms with van der Waals surface area (Å²) in [6.45, 7) is 4.40. The van der Waals surface area contributed by atoms with Crippen molar-refractivity contribution in [3.05, 3.63) is 63.0 Å². The molecular formula is C29H30FN7O3S. The van der Waals surface area contributed by atoms with Gasteiger partial charge in [-0.05, 0) is 48.8 Å². The van der Waals surface area contributed by atoms with Gasteiger partial charge in [0.2, 0.25) is 0 Å². The molecule has 2 amide bonds. The Labute approximate surface area is 240 Å². The van der Waals surface area contributed by atoms with Crippen LogP contribution in [-0.4, -0.2) is 86.9 Å². The molecule has 2 saturated heterocycles. The van der Waals surface area contributed by atoms with Crippen LogP contribution < -0.4 is 5.32 Å². The van der Waals surface area contributed by atoms with E-state index in [2.05, 4.69) is 21.3 Å². The van der Waals surface area contributed by atoms with Gasteiger partial charge in [-0.25, -0.2) is 19.0 Å². The molecular weight excluding hydrogens is 545 g/mol. The normalized spacial score (nSPS) is 30.7. The van der Waals surface area contributed by atoms with E-state index in [1.165, 1.54) is 17.4 Å². The molecule has 41 heavy (non-hydrogen) atoms. The molecule has 1 aromatic heterocycles. The van der Waals surface area contributed by atoms with E-state index in [0.29, 0.717) is 66.8 Å². The van der Waals surface area contributed by atoms with Crippen LogP contribution in [0.25, 0.3) is 0 Å². The topological polar surface area (TPSA) is 125 Å². The van der Waals surface area contributed by atoms with Gasteiger partial charge in [0.15, 0.2) is 10.8 Å². The zero-order valence-corrected chi connectivity index (χ0v) is 23.5. The first-order chi connectivity index (χ1) is 19.7. The van der Waals surface area contributed by atoms with Gasteiger partial charge < -0.3 is 20.2 Å². The number of hydrogen-bond acceptors (Lipinski definition) is 8. The summed E-state index contributed by atoms with van der Waals surface area (Å²) in [7, 11) is 0. The van der Waals surface area contributed by atoms with E-state index in [9.17, 15) is 19.1 Å². The van der Waals surface area contributed by atoms with Crippen molar-refractivity contribution in [2.24, 2.45) is 10.4 Å². The maximum atomic E-state index is 14.6. The SMILES string of the molecule is Cc1c(F)cccc1C1N=C(c2nccs2)NC(CN2CCN3C(=O)N(C45CC(CC#N)(C4)C5)CC3C2)=C1C(=O)O. The van der Waals surface area contributed by atoms with Gasteiger partial charge in [0.05, 0.1) is 17.7 Å². The molecule has 10 nitrogen and oxygen atoms in total. The summed E-state index contributed by atoms with van der Waals surface area (Å²) in [4.78, 5) is 41.3. The number of rotatable bonds is 7. The predicted molar refractivity (Wildman–Crippen MR) is 149 cm³/mol. The molecule has 0 spiro atoms. The largest absolute Gasteiger partial charge is 0.478 e. The standard InChI is InChI=1S/C29H30FN7O3S/c1-17-19(3-2-4-20(17)30)23-22(26(38)39)21(33-24(34-23)25-32-7-10-41-25)13-35-8-9-36-18(11-35)12-37(27(36)40)29-14-28(15-29,16-29)5-6-31/h2-4,7,10,18,23H,5,8-9,11-16H2,1H3,(H,33,34)(H,38,39). The highest BCUT2D eigenvalue weighted by molar-refractivity contribution is 7.11. The number of aliphatic carboxylic acids is 1. The van der Waals surface area contributed by atoms with E-state index in [1.807, 2.05) is 15.2 Å². The Kier molecular flexibility index (Phi) is 5.96. The highest BCUT2D eigenvalue weighted by Crippen LogP contribution is 2.71. The van der Waals surface area contributed by atoms with Gasteiger partial charge in [-0.1, -0.05) is 12.1 Å². The first-order valence-corrected chi connectivity index (χ1v) is 14.7. The summed E-state index contributed by atoms with van der Waals surface area (Å²) in [6, 6.07) is 6.17. The lowest BCUT2D eigenvalue weighted by molar-refractivity contribution is -0.196. The Morgan fingerprint density at radius 2 is 2.10 bits per heavy atom. The number of halogens is 1. The summed E-state index contributed by atoms with van der Waals surface area (Å²) < 4.78 is 14.6. The van der Waals surface area contributed by atoms with Crippen LogP contribution in [0.5, 0.6) is 0 Å². The van der Waals surface area contributed by atoms with Crippen LogP contribution in [0.15, 0.2) is 46.0 Å². The second-order valence-electron chi connectivity index (χ2n) is 12.1. The Morgan fingerprint density at radius 3 is 2.80 bits per heavy atom. The fourth-order valence-electron chi connectivity index (χ4n) is 7.68. The Hall–Kier alpha value is -3.82. The molecule has 2 aromatic rings. The molecule has 2 atom stereocenters. The Bertz CT molecular complexity index is 1530. The summed E-state index contributed by atoms with van der Waals surface area (Å²) in [6.07, 6.45) is 4.99. The average Bonchev–Trinajstić information content (AvgIpc) is 3.55. The van der Waals surface area contributed by atoms with Crippen molar-refractivity contribution in [1.29, 1.82) is 5.26 Å². The summed E-state index contributed by atoms with van der Waals surface area (Å²) >= 11 is 1.39. The monoisotopic (exact) mass is 575 g/mol. The van der Waals surface area contributed by atoms with Crippen molar-refractivity contribution in [2.45, 2.75) is 50.2 Å². The van der Waals surface area contributed by atoms with E-state index in [1.54, 1.807) is 25.3 Å². The fraction of sp³-hybridized carbons (Fsp3) is 0.483. The van der Waals surface area contributed by atoms with E-state index >= 15 is 0 Å². The number of carbonyl (C=O) groups is 2. The number of amides is 2. The van der Waals surface area contributed by atoms with Crippen molar-refractivity contribution < 1.29 is 19.1 Å². The molecule has 2 N–H and O–H groups in total. The Morgan fingerprint density at radius 1 is 1.29 bits per heavy atom. The molecule has 2 bridgehead atoms. The second kappa shape index (κ2) is 9.36. The number of aromatic nitrogens is 1. The van der Waals surface area contributed by atoms with E-state index < -0.39 is 17.8 Å². The summed E-state index contributed by atoms with van der Waals surface area (Å²) in [5.74, 6) is -1.06. The summed E-state index contributed by atoms with van der Waals surface area (Å²) in [5.41, 5.74) is 1.48. The second-order valence-corrected chi connectivity index (χ2v) is 13.0. The minimum absolute atomic E-state index is 0.0167. The molecule has 8 rings (SSSR count). The third kappa shape index (κ3) is 4.05. The molecule has 3 aliphatic heterocycles. The van der Waals surface area contributed by atoms with Crippen LogP contribution in [0, 0.1) is 29.5 Å². The number of benzene rings is 1. The van der Waals surface area contributed by atoms with Crippen molar-refractivity contribution in [1.82, 2.24) is 25.0 Å². The maximum absolute atomic E-state index is 14.6. The smallest absolute Gasteiger partial charge is 0.335 e. The van der Waals surface area contributed by atoms with Gasteiger partial charge >= 0.3 is 12.0 Å². The van der Waals surface area contributed by atoms with Crippen LogP contribution in [0.1, 0.15) is 47.9 Å². The predicted octanol–water partition coefficient (Wildman–Crippen LogP) is 3.28. The number of carboxylic acid groups (broad SMARTS) is 1. The molecule has 12 heteroatoms. The number of nitrogens with zero attached hydrogens (tertiary/aromatic N) is 6. The van der Waals surface area contributed by atoms with Gasteiger partial charge in [-0.3, -0.25) is 9.89 Å². The Balaban J connectivity index is 1.14. The number of fused-ring (bicyclic) bond motifs is 1. The third-order valence-electron chi connectivity index (χ3n) is 9.55. The first kappa shape index (κ1) is 26.1. The number of nitrogens with one attached hydrogen (secondary N) is 1. The van der Waals surface area contributed by atoms with Gasteiger partial charge in [-0.15, -0.1) is 11.3 Å². The number of nitriles is 1. The van der Waals surface area contributed by atoms with Crippen LogP contribution in [-0.2, 0) is 4.79 Å². The molecule has 6 aliphatic rings. The molecule has 5 fully saturated rings. The van der Waals surface area contributed by atoms with Gasteiger partial charge in [-0.2, -0.15) is 5.26 Å². The van der Waals surface area contributed by atoms with Crippen LogP contribution >= 0.6 is 11.3 Å². The van der Waals surface area contributed by atoms with E-state index in [4.69, 9.17) is 10.3 Å². The lowest BCUT2D eigenvalue weighted by Gasteiger charge is -2.72. The number of carbonyl (C=O) groups excluding carboxylic acids is 1. The molecule has 212 valence electrons. The van der Waals surface area contributed by atoms with Crippen molar-refractivity contribution in [2.75, 3.05) is 32.7 Å². The van der Waals surface area contributed by atoms with Gasteiger partial charge in [0, 0.05) is 62.0 Å². The molecule has 4 heterocycles. The van der Waals surface area contributed by atoms with Crippen LogP contribution in [0.3, 0.4) is 0 Å². The third-order valence-corrected chi connectivity index (χ3v) is 10.3.